The van der Waals surface area contributed by atoms with Gasteiger partial charge in [0.05, 0.1) is 5.56 Å². The van der Waals surface area contributed by atoms with Crippen LogP contribution in [0.2, 0.25) is 0 Å². The van der Waals surface area contributed by atoms with Gasteiger partial charge in [-0.15, -0.1) is 0 Å². The minimum atomic E-state index is -0.473. The van der Waals surface area contributed by atoms with Crippen molar-refractivity contribution in [1.29, 1.82) is 0 Å². The Morgan fingerprint density at radius 1 is 1.00 bits per heavy atom. The first kappa shape index (κ1) is 23.1. The van der Waals surface area contributed by atoms with Crippen LogP contribution in [-0.4, -0.2) is 41.0 Å². The molecule has 1 heterocycles. The molecule has 0 spiro atoms. The number of rotatable bonds is 9. The first-order chi connectivity index (χ1) is 15.4. The zero-order valence-electron chi connectivity index (χ0n) is 18.8. The number of ether oxygens (including phenoxy) is 1. The summed E-state index contributed by atoms with van der Waals surface area (Å²) in [5, 5.41) is 4.68. The Hall–Kier alpha value is -3.61. The minimum Gasteiger partial charge on any atom is -0.484 e. The molecule has 1 aromatic heterocycles. The Labute approximate surface area is 187 Å². The van der Waals surface area contributed by atoms with Crippen molar-refractivity contribution in [2.24, 2.45) is 7.05 Å². The van der Waals surface area contributed by atoms with Crippen molar-refractivity contribution >= 4 is 28.3 Å². The number of amides is 2. The summed E-state index contributed by atoms with van der Waals surface area (Å²) in [5.74, 6) is -0.0727. The van der Waals surface area contributed by atoms with Gasteiger partial charge in [-0.25, -0.2) is 0 Å². The van der Waals surface area contributed by atoms with Crippen LogP contribution in [0.5, 0.6) is 5.75 Å². The van der Waals surface area contributed by atoms with Crippen molar-refractivity contribution in [3.8, 4) is 5.75 Å². The van der Waals surface area contributed by atoms with Gasteiger partial charge < -0.3 is 19.5 Å². The molecule has 0 atom stereocenters. The van der Waals surface area contributed by atoms with Crippen molar-refractivity contribution in [2.45, 2.75) is 26.7 Å². The van der Waals surface area contributed by atoms with Crippen molar-refractivity contribution in [3.05, 3.63) is 70.6 Å². The lowest BCUT2D eigenvalue weighted by atomic mass is 10.1. The molecule has 168 valence electrons. The maximum Gasteiger partial charge on any atom is 0.274 e. The van der Waals surface area contributed by atoms with Gasteiger partial charge in [-0.2, -0.15) is 0 Å². The number of aryl methyl sites for hydroxylation is 1. The summed E-state index contributed by atoms with van der Waals surface area (Å²) in [6.07, 6.45) is 3.19. The molecule has 0 fully saturated rings. The third-order valence-electron chi connectivity index (χ3n) is 5.07. The van der Waals surface area contributed by atoms with E-state index in [1.165, 1.54) is 16.8 Å². The van der Waals surface area contributed by atoms with Crippen LogP contribution in [0.1, 0.15) is 37.0 Å². The lowest BCUT2D eigenvalue weighted by Crippen LogP contribution is -2.34. The van der Waals surface area contributed by atoms with E-state index in [0.717, 1.165) is 23.6 Å². The second-order valence-corrected chi connectivity index (χ2v) is 7.70. The van der Waals surface area contributed by atoms with Gasteiger partial charge in [-0.05, 0) is 41.8 Å². The normalized spacial score (nSPS) is 10.7. The van der Waals surface area contributed by atoms with E-state index in [-0.39, 0.29) is 18.2 Å². The molecule has 0 aliphatic heterocycles. The molecule has 3 rings (SSSR count). The summed E-state index contributed by atoms with van der Waals surface area (Å²) in [6.45, 7) is 5.04. The zero-order valence-corrected chi connectivity index (χ0v) is 18.8. The Bertz CT molecular complexity index is 1160. The molecular weight excluding hydrogens is 406 g/mol. The van der Waals surface area contributed by atoms with E-state index < -0.39 is 11.5 Å². The van der Waals surface area contributed by atoms with Gasteiger partial charge in [0.1, 0.15) is 11.4 Å². The Morgan fingerprint density at radius 2 is 1.69 bits per heavy atom. The number of carbonyl (C=O) groups is 2. The SMILES string of the molecule is CCCN(CCC)C(=O)c1cc(NC(=O)COc2ccc3ccccc3c2)c(=O)n(C)c1. The number of nitrogens with one attached hydrogen (secondary N) is 1. The molecule has 0 saturated heterocycles. The van der Waals surface area contributed by atoms with Crippen molar-refractivity contribution in [3.63, 3.8) is 0 Å². The van der Waals surface area contributed by atoms with E-state index >= 15 is 0 Å². The average Bonchev–Trinajstić information content (AvgIpc) is 2.79. The molecule has 2 aromatic carbocycles. The average molecular weight is 436 g/mol. The molecule has 0 unspecified atom stereocenters. The predicted octanol–water partition coefficient (Wildman–Crippen LogP) is 3.82. The maximum atomic E-state index is 12.9. The lowest BCUT2D eigenvalue weighted by Gasteiger charge is -2.22. The largest absolute Gasteiger partial charge is 0.484 e. The van der Waals surface area contributed by atoms with Gasteiger partial charge in [0.2, 0.25) is 0 Å². The molecule has 7 heteroatoms. The van der Waals surface area contributed by atoms with E-state index in [0.29, 0.717) is 24.4 Å². The summed E-state index contributed by atoms with van der Waals surface area (Å²) in [6, 6.07) is 14.9. The number of fused-ring (bicyclic) bond motifs is 1. The molecule has 7 nitrogen and oxygen atoms in total. The number of hydrogen-bond donors (Lipinski definition) is 1. The number of carbonyl (C=O) groups excluding carboxylic acids is 2. The highest BCUT2D eigenvalue weighted by Gasteiger charge is 2.18. The highest BCUT2D eigenvalue weighted by molar-refractivity contribution is 5.97. The number of nitrogens with zero attached hydrogens (tertiary/aromatic N) is 2. The van der Waals surface area contributed by atoms with Crippen molar-refractivity contribution in [2.75, 3.05) is 25.0 Å². The number of pyridine rings is 1. The molecule has 0 aliphatic rings. The molecule has 0 saturated carbocycles. The number of aromatic nitrogens is 1. The van der Waals surface area contributed by atoms with E-state index in [1.54, 1.807) is 18.0 Å². The first-order valence-electron chi connectivity index (χ1n) is 10.8. The number of hydrogen-bond acceptors (Lipinski definition) is 4. The van der Waals surface area contributed by atoms with Gasteiger partial charge in [0.25, 0.3) is 17.4 Å². The van der Waals surface area contributed by atoms with Crippen LogP contribution in [0.15, 0.2) is 59.5 Å². The highest BCUT2D eigenvalue weighted by atomic mass is 16.5. The zero-order chi connectivity index (χ0) is 23.1. The molecule has 0 bridgehead atoms. The first-order valence-corrected chi connectivity index (χ1v) is 10.8. The standard InChI is InChI=1S/C25H29N3O4/c1-4-12-28(13-5-2)24(30)20-15-22(25(31)27(3)16-20)26-23(29)17-32-21-11-10-18-8-6-7-9-19(18)14-21/h6-11,14-16H,4-5,12-13,17H2,1-3H3,(H,26,29). The monoisotopic (exact) mass is 435 g/mol. The number of benzene rings is 2. The summed E-state index contributed by atoms with van der Waals surface area (Å²) in [7, 11) is 1.56. The summed E-state index contributed by atoms with van der Waals surface area (Å²) >= 11 is 0. The maximum absolute atomic E-state index is 12.9. The third-order valence-corrected chi connectivity index (χ3v) is 5.07. The quantitative estimate of drug-likeness (QED) is 0.554. The van der Waals surface area contributed by atoms with Crippen LogP contribution in [0.4, 0.5) is 5.69 Å². The fraction of sp³-hybridized carbons (Fsp3) is 0.320. The van der Waals surface area contributed by atoms with E-state index in [1.807, 2.05) is 50.2 Å². The molecule has 1 N–H and O–H groups in total. The molecule has 0 radical (unpaired) electrons. The van der Waals surface area contributed by atoms with Crippen LogP contribution in [0, 0.1) is 0 Å². The van der Waals surface area contributed by atoms with Crippen LogP contribution >= 0.6 is 0 Å². The van der Waals surface area contributed by atoms with Gasteiger partial charge in [0.15, 0.2) is 6.61 Å². The van der Waals surface area contributed by atoms with Gasteiger partial charge in [-0.1, -0.05) is 44.2 Å². The van der Waals surface area contributed by atoms with E-state index in [4.69, 9.17) is 4.74 Å². The second-order valence-electron chi connectivity index (χ2n) is 7.70. The van der Waals surface area contributed by atoms with Gasteiger partial charge in [-0.3, -0.25) is 14.4 Å². The predicted molar refractivity (Wildman–Crippen MR) is 126 cm³/mol. The molecule has 32 heavy (non-hydrogen) atoms. The fourth-order valence-corrected chi connectivity index (χ4v) is 3.55. The Balaban J connectivity index is 1.71. The van der Waals surface area contributed by atoms with Gasteiger partial charge in [0, 0.05) is 26.3 Å². The fourth-order valence-electron chi connectivity index (χ4n) is 3.55. The summed E-state index contributed by atoms with van der Waals surface area (Å²) < 4.78 is 6.91. The smallest absolute Gasteiger partial charge is 0.274 e. The third kappa shape index (κ3) is 5.55. The number of anilines is 1. The van der Waals surface area contributed by atoms with Crippen LogP contribution in [0.3, 0.4) is 0 Å². The molecule has 2 amide bonds. The van der Waals surface area contributed by atoms with Gasteiger partial charge >= 0.3 is 0 Å². The van der Waals surface area contributed by atoms with Crippen LogP contribution in [0.25, 0.3) is 10.8 Å². The van der Waals surface area contributed by atoms with E-state index in [2.05, 4.69) is 5.32 Å². The Morgan fingerprint density at radius 3 is 2.38 bits per heavy atom. The lowest BCUT2D eigenvalue weighted by molar-refractivity contribution is -0.118. The molecular formula is C25H29N3O4. The minimum absolute atomic E-state index is 0.0541. The van der Waals surface area contributed by atoms with Crippen LogP contribution < -0.4 is 15.6 Å². The van der Waals surface area contributed by atoms with Crippen LogP contribution in [-0.2, 0) is 11.8 Å². The summed E-state index contributed by atoms with van der Waals surface area (Å²) in [4.78, 5) is 39.6. The topological polar surface area (TPSA) is 80.6 Å². The summed E-state index contributed by atoms with van der Waals surface area (Å²) in [5.41, 5.74) is 0.0243. The Kier molecular flexibility index (Phi) is 7.65. The van der Waals surface area contributed by atoms with Crippen molar-refractivity contribution < 1.29 is 14.3 Å². The molecule has 0 aliphatic carbocycles. The second kappa shape index (κ2) is 10.6. The molecule has 3 aromatic rings. The van der Waals surface area contributed by atoms with Crippen molar-refractivity contribution in [1.82, 2.24) is 9.47 Å². The van der Waals surface area contributed by atoms with E-state index in [9.17, 15) is 14.4 Å². The highest BCUT2D eigenvalue weighted by Crippen LogP contribution is 2.20.